The molecule has 1 aliphatic carbocycles. The molecule has 0 amide bonds. The molecule has 0 radical (unpaired) electrons. The first-order chi connectivity index (χ1) is 10.3. The van der Waals surface area contributed by atoms with Gasteiger partial charge < -0.3 is 5.32 Å². The predicted molar refractivity (Wildman–Crippen MR) is 84.8 cm³/mol. The zero-order valence-corrected chi connectivity index (χ0v) is 12.5. The van der Waals surface area contributed by atoms with Crippen LogP contribution in [0.3, 0.4) is 0 Å². The van der Waals surface area contributed by atoms with Crippen molar-refractivity contribution in [1.82, 2.24) is 5.32 Å². The molecule has 1 N–H and O–H groups in total. The van der Waals surface area contributed by atoms with E-state index in [9.17, 15) is 4.39 Å². The molecule has 21 heavy (non-hydrogen) atoms. The Bertz CT molecular complexity index is 591. The molecule has 1 aliphatic rings. The van der Waals surface area contributed by atoms with Gasteiger partial charge in [0, 0.05) is 6.04 Å². The van der Waals surface area contributed by atoms with Crippen molar-refractivity contribution in [2.45, 2.75) is 32.2 Å². The third kappa shape index (κ3) is 3.16. The van der Waals surface area contributed by atoms with E-state index < -0.39 is 0 Å². The molecule has 0 saturated carbocycles. The maximum absolute atomic E-state index is 13.0. The largest absolute Gasteiger partial charge is 0.310 e. The quantitative estimate of drug-likeness (QED) is 0.883. The van der Waals surface area contributed by atoms with E-state index in [1.165, 1.54) is 23.1 Å². The fourth-order valence-electron chi connectivity index (χ4n) is 3.47. The van der Waals surface area contributed by atoms with Gasteiger partial charge in [-0.1, -0.05) is 43.3 Å². The third-order valence-corrected chi connectivity index (χ3v) is 4.48. The van der Waals surface area contributed by atoms with Crippen molar-refractivity contribution in [1.29, 1.82) is 0 Å². The average molecular weight is 283 g/mol. The third-order valence-electron chi connectivity index (χ3n) is 4.48. The van der Waals surface area contributed by atoms with Gasteiger partial charge in [-0.2, -0.15) is 0 Å². The van der Waals surface area contributed by atoms with Crippen LogP contribution >= 0.6 is 0 Å². The van der Waals surface area contributed by atoms with Crippen LogP contribution in [0.1, 0.15) is 36.1 Å². The van der Waals surface area contributed by atoms with Crippen molar-refractivity contribution in [3.63, 3.8) is 0 Å². The summed E-state index contributed by atoms with van der Waals surface area (Å²) in [6, 6.07) is 16.1. The van der Waals surface area contributed by atoms with Gasteiger partial charge in [0.25, 0.3) is 0 Å². The molecule has 2 aromatic rings. The van der Waals surface area contributed by atoms with E-state index in [-0.39, 0.29) is 5.82 Å². The second-order valence-electron chi connectivity index (χ2n) is 5.86. The van der Waals surface area contributed by atoms with E-state index in [0.717, 1.165) is 19.4 Å². The van der Waals surface area contributed by atoms with Crippen molar-refractivity contribution in [3.05, 3.63) is 71.0 Å². The minimum atomic E-state index is -0.157. The Morgan fingerprint density at radius 1 is 1.10 bits per heavy atom. The molecule has 2 atom stereocenters. The van der Waals surface area contributed by atoms with Crippen LogP contribution in [0, 0.1) is 11.7 Å². The van der Waals surface area contributed by atoms with Crippen molar-refractivity contribution in [2.24, 2.45) is 5.92 Å². The van der Waals surface area contributed by atoms with Crippen LogP contribution in [0.4, 0.5) is 4.39 Å². The molecule has 0 saturated heterocycles. The summed E-state index contributed by atoms with van der Waals surface area (Å²) in [5.74, 6) is 0.418. The summed E-state index contributed by atoms with van der Waals surface area (Å²) >= 11 is 0. The molecule has 0 fully saturated rings. The van der Waals surface area contributed by atoms with E-state index >= 15 is 0 Å². The van der Waals surface area contributed by atoms with Gasteiger partial charge >= 0.3 is 0 Å². The highest BCUT2D eigenvalue weighted by Crippen LogP contribution is 2.36. The first kappa shape index (κ1) is 14.3. The highest BCUT2D eigenvalue weighted by molar-refractivity contribution is 5.33. The Hall–Kier alpha value is -1.67. The standard InChI is InChI=1S/C19H22FN/c1-2-21-19-16(13-14-7-11-17(20)12-8-14)10-9-15-5-3-4-6-18(15)19/h3-8,11-12,16,19,21H,2,9-10,13H2,1H3. The zero-order valence-electron chi connectivity index (χ0n) is 12.5. The minimum absolute atomic E-state index is 0.157. The molecule has 0 aliphatic heterocycles. The molecule has 3 rings (SSSR count). The lowest BCUT2D eigenvalue weighted by Gasteiger charge is -2.34. The van der Waals surface area contributed by atoms with Crippen molar-refractivity contribution in [2.75, 3.05) is 6.54 Å². The second-order valence-corrected chi connectivity index (χ2v) is 5.86. The summed E-state index contributed by atoms with van der Waals surface area (Å²) in [5, 5.41) is 3.65. The maximum Gasteiger partial charge on any atom is 0.123 e. The van der Waals surface area contributed by atoms with Crippen molar-refractivity contribution < 1.29 is 4.39 Å². The molecule has 0 heterocycles. The first-order valence-corrected chi connectivity index (χ1v) is 7.83. The molecule has 2 aromatic carbocycles. The van der Waals surface area contributed by atoms with Gasteiger partial charge in [0.2, 0.25) is 0 Å². The van der Waals surface area contributed by atoms with Gasteiger partial charge in [0.05, 0.1) is 0 Å². The van der Waals surface area contributed by atoms with Crippen LogP contribution in [0.5, 0.6) is 0 Å². The SMILES string of the molecule is CCNC1c2ccccc2CCC1Cc1ccc(F)cc1. The number of hydrogen-bond donors (Lipinski definition) is 1. The van der Waals surface area contributed by atoms with Gasteiger partial charge in [-0.15, -0.1) is 0 Å². The number of nitrogens with one attached hydrogen (secondary N) is 1. The number of aryl methyl sites for hydroxylation is 1. The maximum atomic E-state index is 13.0. The highest BCUT2D eigenvalue weighted by atomic mass is 19.1. The van der Waals surface area contributed by atoms with Crippen LogP contribution in [0.25, 0.3) is 0 Å². The molecule has 1 nitrogen and oxygen atoms in total. The molecule has 0 aromatic heterocycles. The Morgan fingerprint density at radius 3 is 2.62 bits per heavy atom. The summed E-state index contributed by atoms with van der Waals surface area (Å²) < 4.78 is 13.0. The Kier molecular flexibility index (Phi) is 4.35. The highest BCUT2D eigenvalue weighted by Gasteiger charge is 2.28. The lowest BCUT2D eigenvalue weighted by molar-refractivity contribution is 0.323. The normalized spacial score (nSPS) is 21.0. The summed E-state index contributed by atoms with van der Waals surface area (Å²) in [4.78, 5) is 0. The fourth-order valence-corrected chi connectivity index (χ4v) is 3.47. The topological polar surface area (TPSA) is 12.0 Å². The minimum Gasteiger partial charge on any atom is -0.310 e. The van der Waals surface area contributed by atoms with Gasteiger partial charge in [0.15, 0.2) is 0 Å². The second kappa shape index (κ2) is 6.40. The predicted octanol–water partition coefficient (Wildman–Crippen LogP) is 4.28. The lowest BCUT2D eigenvalue weighted by Crippen LogP contribution is -2.33. The van der Waals surface area contributed by atoms with E-state index in [2.05, 4.69) is 36.5 Å². The molecule has 2 unspecified atom stereocenters. The Morgan fingerprint density at radius 2 is 1.86 bits per heavy atom. The number of benzene rings is 2. The van der Waals surface area contributed by atoms with Crippen LogP contribution in [-0.4, -0.2) is 6.54 Å². The zero-order chi connectivity index (χ0) is 14.7. The van der Waals surface area contributed by atoms with Gasteiger partial charge in [-0.05, 0) is 60.5 Å². The summed E-state index contributed by atoms with van der Waals surface area (Å²) in [6.07, 6.45) is 3.34. The van der Waals surface area contributed by atoms with Crippen LogP contribution in [0.15, 0.2) is 48.5 Å². The van der Waals surface area contributed by atoms with E-state index in [4.69, 9.17) is 0 Å². The molecular weight excluding hydrogens is 261 g/mol. The van der Waals surface area contributed by atoms with Crippen LogP contribution < -0.4 is 5.32 Å². The number of fused-ring (bicyclic) bond motifs is 1. The lowest BCUT2D eigenvalue weighted by atomic mass is 9.77. The number of rotatable bonds is 4. The molecule has 2 heteroatoms. The van der Waals surface area contributed by atoms with Crippen molar-refractivity contribution >= 4 is 0 Å². The molecular formula is C19H22FN. The number of halogens is 1. The summed E-state index contributed by atoms with van der Waals surface area (Å²) in [7, 11) is 0. The molecule has 110 valence electrons. The van der Waals surface area contributed by atoms with E-state index in [0.29, 0.717) is 12.0 Å². The molecule has 0 spiro atoms. The van der Waals surface area contributed by atoms with Crippen LogP contribution in [0.2, 0.25) is 0 Å². The van der Waals surface area contributed by atoms with E-state index in [1.54, 1.807) is 12.1 Å². The summed E-state index contributed by atoms with van der Waals surface area (Å²) in [5.41, 5.74) is 4.14. The van der Waals surface area contributed by atoms with Gasteiger partial charge in [-0.3, -0.25) is 0 Å². The average Bonchev–Trinajstić information content (AvgIpc) is 2.52. The Labute approximate surface area is 126 Å². The Balaban J connectivity index is 1.83. The number of hydrogen-bond acceptors (Lipinski definition) is 1. The monoisotopic (exact) mass is 283 g/mol. The molecule has 0 bridgehead atoms. The van der Waals surface area contributed by atoms with Crippen LogP contribution in [-0.2, 0) is 12.8 Å². The van der Waals surface area contributed by atoms with Gasteiger partial charge in [-0.25, -0.2) is 4.39 Å². The fraction of sp³-hybridized carbons (Fsp3) is 0.368. The van der Waals surface area contributed by atoms with Crippen molar-refractivity contribution in [3.8, 4) is 0 Å². The van der Waals surface area contributed by atoms with E-state index in [1.807, 2.05) is 12.1 Å². The first-order valence-electron chi connectivity index (χ1n) is 7.83. The summed E-state index contributed by atoms with van der Waals surface area (Å²) in [6.45, 7) is 3.13. The van der Waals surface area contributed by atoms with Gasteiger partial charge in [0.1, 0.15) is 5.82 Å². The smallest absolute Gasteiger partial charge is 0.123 e.